The van der Waals surface area contributed by atoms with Gasteiger partial charge in [-0.15, -0.1) is 0 Å². The van der Waals surface area contributed by atoms with E-state index in [1.54, 1.807) is 0 Å². The number of rotatable bonds is 5. The summed E-state index contributed by atoms with van der Waals surface area (Å²) >= 11 is 3.45. The van der Waals surface area contributed by atoms with Gasteiger partial charge in [0.1, 0.15) is 5.82 Å². The van der Waals surface area contributed by atoms with Gasteiger partial charge in [0, 0.05) is 28.3 Å². The first kappa shape index (κ1) is 15.0. The minimum Gasteiger partial charge on any atom is -0.370 e. The number of halogens is 1. The standard InChI is InChI=1S/C16H20BrN3/c1-4-18-15-10-14(9-11(2)3)19-16(20-15)12-5-7-13(17)8-6-12/h5-8,10-11H,4,9H2,1-3H3,(H,18,19,20). The zero-order valence-electron chi connectivity index (χ0n) is 12.2. The van der Waals surface area contributed by atoms with E-state index < -0.39 is 0 Å². The van der Waals surface area contributed by atoms with Crippen molar-refractivity contribution in [2.75, 3.05) is 11.9 Å². The van der Waals surface area contributed by atoms with Crippen LogP contribution < -0.4 is 5.32 Å². The van der Waals surface area contributed by atoms with Gasteiger partial charge < -0.3 is 5.32 Å². The molecule has 0 aliphatic heterocycles. The zero-order chi connectivity index (χ0) is 14.5. The molecule has 0 saturated carbocycles. The van der Waals surface area contributed by atoms with Crippen LogP contribution in [0.2, 0.25) is 0 Å². The Hall–Kier alpha value is -1.42. The normalized spacial score (nSPS) is 10.8. The van der Waals surface area contributed by atoms with Gasteiger partial charge in [-0.25, -0.2) is 9.97 Å². The number of benzene rings is 1. The Morgan fingerprint density at radius 1 is 1.15 bits per heavy atom. The summed E-state index contributed by atoms with van der Waals surface area (Å²) < 4.78 is 1.06. The van der Waals surface area contributed by atoms with Gasteiger partial charge in [0.25, 0.3) is 0 Å². The molecule has 20 heavy (non-hydrogen) atoms. The van der Waals surface area contributed by atoms with Crippen molar-refractivity contribution in [3.63, 3.8) is 0 Å². The van der Waals surface area contributed by atoms with Crippen molar-refractivity contribution in [2.24, 2.45) is 5.92 Å². The number of nitrogens with zero attached hydrogens (tertiary/aromatic N) is 2. The van der Waals surface area contributed by atoms with Gasteiger partial charge in [0.2, 0.25) is 0 Å². The Kier molecular flexibility index (Phi) is 5.12. The van der Waals surface area contributed by atoms with Gasteiger partial charge in [0.15, 0.2) is 5.82 Å². The monoisotopic (exact) mass is 333 g/mol. The summed E-state index contributed by atoms with van der Waals surface area (Å²) in [7, 11) is 0. The molecule has 2 aromatic rings. The number of nitrogens with one attached hydrogen (secondary N) is 1. The van der Waals surface area contributed by atoms with E-state index in [0.717, 1.165) is 40.3 Å². The summed E-state index contributed by atoms with van der Waals surface area (Å²) in [6.07, 6.45) is 0.963. The largest absolute Gasteiger partial charge is 0.370 e. The highest BCUT2D eigenvalue weighted by atomic mass is 79.9. The molecule has 106 valence electrons. The van der Waals surface area contributed by atoms with Gasteiger partial charge in [-0.05, 0) is 31.4 Å². The molecule has 0 amide bonds. The molecule has 1 N–H and O–H groups in total. The highest BCUT2D eigenvalue weighted by Crippen LogP contribution is 2.21. The SMILES string of the molecule is CCNc1cc(CC(C)C)nc(-c2ccc(Br)cc2)n1. The summed E-state index contributed by atoms with van der Waals surface area (Å²) in [5, 5.41) is 3.28. The zero-order valence-corrected chi connectivity index (χ0v) is 13.7. The van der Waals surface area contributed by atoms with Crippen molar-refractivity contribution in [1.82, 2.24) is 9.97 Å². The molecule has 0 fully saturated rings. The molecule has 3 nitrogen and oxygen atoms in total. The quantitative estimate of drug-likeness (QED) is 0.872. The summed E-state index contributed by atoms with van der Waals surface area (Å²) in [5.41, 5.74) is 2.13. The molecular formula is C16H20BrN3. The predicted molar refractivity (Wildman–Crippen MR) is 87.9 cm³/mol. The van der Waals surface area contributed by atoms with Gasteiger partial charge in [0.05, 0.1) is 0 Å². The van der Waals surface area contributed by atoms with Crippen LogP contribution in [0.3, 0.4) is 0 Å². The third kappa shape index (κ3) is 4.04. The van der Waals surface area contributed by atoms with Gasteiger partial charge in [-0.2, -0.15) is 0 Å². The van der Waals surface area contributed by atoms with E-state index in [9.17, 15) is 0 Å². The highest BCUT2D eigenvalue weighted by molar-refractivity contribution is 9.10. The molecule has 0 aliphatic carbocycles. The molecule has 0 unspecified atom stereocenters. The van der Waals surface area contributed by atoms with E-state index in [4.69, 9.17) is 0 Å². The predicted octanol–water partition coefficient (Wildman–Crippen LogP) is 4.54. The Morgan fingerprint density at radius 3 is 2.45 bits per heavy atom. The Labute approximate surface area is 129 Å². The first-order valence-corrected chi connectivity index (χ1v) is 7.75. The molecule has 1 aromatic heterocycles. The van der Waals surface area contributed by atoms with Crippen LogP contribution in [0.4, 0.5) is 5.82 Å². The lowest BCUT2D eigenvalue weighted by atomic mass is 10.1. The fraction of sp³-hybridized carbons (Fsp3) is 0.375. The van der Waals surface area contributed by atoms with E-state index >= 15 is 0 Å². The Balaban J connectivity index is 2.40. The number of aromatic nitrogens is 2. The van der Waals surface area contributed by atoms with Crippen LogP contribution in [0.25, 0.3) is 11.4 Å². The van der Waals surface area contributed by atoms with Crippen LogP contribution in [0.15, 0.2) is 34.8 Å². The minimum atomic E-state index is 0.581. The van der Waals surface area contributed by atoms with Gasteiger partial charge in [-0.1, -0.05) is 41.9 Å². The van der Waals surface area contributed by atoms with E-state index in [1.165, 1.54) is 0 Å². The lowest BCUT2D eigenvalue weighted by Crippen LogP contribution is -2.06. The number of hydrogen-bond donors (Lipinski definition) is 1. The fourth-order valence-corrected chi connectivity index (χ4v) is 2.28. The molecular weight excluding hydrogens is 314 g/mol. The van der Waals surface area contributed by atoms with Crippen molar-refractivity contribution in [3.8, 4) is 11.4 Å². The molecule has 0 bridgehead atoms. The third-order valence-corrected chi connectivity index (χ3v) is 3.39. The minimum absolute atomic E-state index is 0.581. The number of anilines is 1. The molecule has 0 spiro atoms. The maximum absolute atomic E-state index is 4.69. The lowest BCUT2D eigenvalue weighted by molar-refractivity contribution is 0.635. The smallest absolute Gasteiger partial charge is 0.161 e. The summed E-state index contributed by atoms with van der Waals surface area (Å²) in [5.74, 6) is 2.26. The summed E-state index contributed by atoms with van der Waals surface area (Å²) in [6.45, 7) is 7.34. The second-order valence-corrected chi connectivity index (χ2v) is 6.12. The van der Waals surface area contributed by atoms with Crippen LogP contribution in [-0.2, 0) is 6.42 Å². The average Bonchev–Trinajstić information content (AvgIpc) is 2.38. The van der Waals surface area contributed by atoms with Crippen molar-refractivity contribution in [1.29, 1.82) is 0 Å². The van der Waals surface area contributed by atoms with E-state index in [2.05, 4.69) is 52.0 Å². The second-order valence-electron chi connectivity index (χ2n) is 5.20. The maximum atomic E-state index is 4.69. The Bertz CT molecular complexity index is 564. The lowest BCUT2D eigenvalue weighted by Gasteiger charge is -2.10. The van der Waals surface area contributed by atoms with Crippen molar-refractivity contribution >= 4 is 21.7 Å². The van der Waals surface area contributed by atoms with Crippen molar-refractivity contribution in [2.45, 2.75) is 27.2 Å². The van der Waals surface area contributed by atoms with E-state index in [0.29, 0.717) is 5.92 Å². The fourth-order valence-electron chi connectivity index (χ4n) is 2.02. The van der Waals surface area contributed by atoms with Crippen LogP contribution in [0, 0.1) is 5.92 Å². The van der Waals surface area contributed by atoms with Crippen molar-refractivity contribution in [3.05, 3.63) is 40.5 Å². The van der Waals surface area contributed by atoms with E-state index in [-0.39, 0.29) is 0 Å². The first-order chi connectivity index (χ1) is 9.58. The summed E-state index contributed by atoms with van der Waals surface area (Å²) in [6, 6.07) is 10.1. The molecule has 1 heterocycles. The van der Waals surface area contributed by atoms with Crippen LogP contribution in [0.1, 0.15) is 26.5 Å². The molecule has 0 atom stereocenters. The Morgan fingerprint density at radius 2 is 1.85 bits per heavy atom. The van der Waals surface area contributed by atoms with Crippen LogP contribution in [0.5, 0.6) is 0 Å². The van der Waals surface area contributed by atoms with Crippen LogP contribution in [-0.4, -0.2) is 16.5 Å². The topological polar surface area (TPSA) is 37.8 Å². The second kappa shape index (κ2) is 6.84. The highest BCUT2D eigenvalue weighted by Gasteiger charge is 2.08. The van der Waals surface area contributed by atoms with Gasteiger partial charge >= 0.3 is 0 Å². The maximum Gasteiger partial charge on any atom is 0.161 e. The molecule has 4 heteroatoms. The van der Waals surface area contributed by atoms with Crippen molar-refractivity contribution < 1.29 is 0 Å². The molecule has 0 saturated heterocycles. The van der Waals surface area contributed by atoms with Crippen LogP contribution >= 0.6 is 15.9 Å². The van der Waals surface area contributed by atoms with E-state index in [1.807, 2.05) is 30.3 Å². The average molecular weight is 334 g/mol. The van der Waals surface area contributed by atoms with Gasteiger partial charge in [-0.3, -0.25) is 0 Å². The molecule has 2 rings (SSSR count). The number of hydrogen-bond acceptors (Lipinski definition) is 3. The summed E-state index contributed by atoms with van der Waals surface area (Å²) in [4.78, 5) is 9.28. The molecule has 1 aromatic carbocycles. The molecule has 0 aliphatic rings. The first-order valence-electron chi connectivity index (χ1n) is 6.96. The molecule has 0 radical (unpaired) electrons. The third-order valence-electron chi connectivity index (χ3n) is 2.86.